The van der Waals surface area contributed by atoms with Crippen molar-refractivity contribution in [1.82, 2.24) is 25.1 Å². The second kappa shape index (κ2) is 12.6. The Hall–Kier alpha value is -3.52. The molecule has 1 aliphatic heterocycles. The van der Waals surface area contributed by atoms with Crippen molar-refractivity contribution in [3.8, 4) is 11.4 Å². The van der Waals surface area contributed by atoms with Crippen LogP contribution in [0.3, 0.4) is 0 Å². The van der Waals surface area contributed by atoms with Gasteiger partial charge >= 0.3 is 17.9 Å². The van der Waals surface area contributed by atoms with E-state index < -0.39 is 53.6 Å². The smallest absolute Gasteiger partial charge is 0.303 e. The van der Waals surface area contributed by atoms with E-state index in [0.717, 1.165) is 17.3 Å². The first-order valence-corrected chi connectivity index (χ1v) is 12.4. The van der Waals surface area contributed by atoms with Gasteiger partial charge in [0.05, 0.1) is 0 Å². The Bertz CT molecular complexity index is 1130. The summed E-state index contributed by atoms with van der Waals surface area (Å²) in [6.45, 7) is 7.07. The maximum Gasteiger partial charge on any atom is 0.303 e. The molecule has 0 aromatic carbocycles. The number of carbonyl (C=O) groups is 4. The molecule has 1 N–H and O–H groups in total. The van der Waals surface area contributed by atoms with Gasteiger partial charge in [-0.3, -0.25) is 24.2 Å². The minimum Gasteiger partial charge on any atom is -0.463 e. The summed E-state index contributed by atoms with van der Waals surface area (Å²) in [6.07, 6.45) is -0.0170. The SMILES string of the molecule is CCn1c(S[C@@H]2O[C@H](COC(C)=O)[C@@H](OC(C)=O)[C@H](OC(C)=O)[C@H]2NC(C)=O)nnc1-c1ccncc1. The van der Waals surface area contributed by atoms with Crippen molar-refractivity contribution in [3.63, 3.8) is 0 Å². The third kappa shape index (κ3) is 7.26. The van der Waals surface area contributed by atoms with E-state index in [0.29, 0.717) is 17.5 Å². The molecule has 0 saturated carbocycles. The molecular formula is C23H29N5O8S. The zero-order valence-electron chi connectivity index (χ0n) is 21.1. The molecule has 200 valence electrons. The third-order valence-electron chi connectivity index (χ3n) is 5.26. The number of nitrogens with zero attached hydrogens (tertiary/aromatic N) is 4. The van der Waals surface area contributed by atoms with E-state index in [-0.39, 0.29) is 6.61 Å². The van der Waals surface area contributed by atoms with Crippen molar-refractivity contribution in [3.05, 3.63) is 24.5 Å². The summed E-state index contributed by atoms with van der Waals surface area (Å²) in [5, 5.41) is 11.8. The summed E-state index contributed by atoms with van der Waals surface area (Å²) in [4.78, 5) is 51.6. The van der Waals surface area contributed by atoms with Crippen molar-refractivity contribution in [1.29, 1.82) is 0 Å². The number of thioether (sulfide) groups is 1. The Kier molecular flexibility index (Phi) is 9.58. The molecule has 3 heterocycles. The molecule has 1 aliphatic rings. The molecule has 1 amide bonds. The molecular weight excluding hydrogens is 506 g/mol. The highest BCUT2D eigenvalue weighted by Crippen LogP contribution is 2.36. The monoisotopic (exact) mass is 535 g/mol. The van der Waals surface area contributed by atoms with Gasteiger partial charge in [-0.2, -0.15) is 0 Å². The molecule has 37 heavy (non-hydrogen) atoms. The van der Waals surface area contributed by atoms with Gasteiger partial charge in [0, 0.05) is 52.2 Å². The lowest BCUT2D eigenvalue weighted by Crippen LogP contribution is -2.65. The van der Waals surface area contributed by atoms with Gasteiger partial charge in [0.1, 0.15) is 24.2 Å². The average Bonchev–Trinajstić information content (AvgIpc) is 3.23. The first-order valence-electron chi connectivity index (χ1n) is 11.5. The normalized spacial score (nSPS) is 23.1. The van der Waals surface area contributed by atoms with Crippen molar-refractivity contribution in [2.75, 3.05) is 6.61 Å². The number of nitrogens with one attached hydrogen (secondary N) is 1. The van der Waals surface area contributed by atoms with E-state index in [9.17, 15) is 19.2 Å². The fraction of sp³-hybridized carbons (Fsp3) is 0.522. The topological polar surface area (TPSA) is 161 Å². The lowest BCUT2D eigenvalue weighted by Gasteiger charge is -2.44. The number of rotatable bonds is 9. The Morgan fingerprint density at radius 3 is 2.22 bits per heavy atom. The quantitative estimate of drug-likeness (QED) is 0.360. The molecule has 0 radical (unpaired) electrons. The van der Waals surface area contributed by atoms with E-state index in [1.54, 1.807) is 24.5 Å². The molecule has 14 heteroatoms. The van der Waals surface area contributed by atoms with Gasteiger partial charge in [0.25, 0.3) is 0 Å². The van der Waals surface area contributed by atoms with Crippen LogP contribution in [0.5, 0.6) is 0 Å². The Labute approximate surface area is 217 Å². The predicted octanol–water partition coefficient (Wildman–Crippen LogP) is 1.11. The van der Waals surface area contributed by atoms with Crippen molar-refractivity contribution in [2.24, 2.45) is 0 Å². The Balaban J connectivity index is 2.02. The number of hydrogen-bond acceptors (Lipinski definition) is 12. The first kappa shape index (κ1) is 28.1. The van der Waals surface area contributed by atoms with Gasteiger partial charge in [-0.05, 0) is 19.1 Å². The molecule has 5 atom stereocenters. The maximum absolute atomic E-state index is 12.1. The van der Waals surface area contributed by atoms with Crippen LogP contribution >= 0.6 is 11.8 Å². The number of esters is 3. The van der Waals surface area contributed by atoms with Crippen molar-refractivity contribution >= 4 is 35.6 Å². The molecule has 0 bridgehead atoms. The molecule has 1 saturated heterocycles. The maximum atomic E-state index is 12.1. The van der Waals surface area contributed by atoms with Gasteiger partial charge in [0.2, 0.25) is 5.91 Å². The minimum atomic E-state index is -1.16. The fourth-order valence-electron chi connectivity index (χ4n) is 3.87. The zero-order valence-corrected chi connectivity index (χ0v) is 21.9. The van der Waals surface area contributed by atoms with Crippen LogP contribution in [0, 0.1) is 0 Å². The standard InChI is InChI=1S/C23H29N5O8S/c1-6-28-21(16-7-9-24-10-8-16)26-27-23(28)37-22-18(25-12(2)29)20(35-15(5)32)19(34-14(4)31)17(36-22)11-33-13(3)30/h7-10,17-20,22H,6,11H2,1-5H3,(H,25,29)/t17-,18-,19-,20-,22+/m1/s1. The van der Waals surface area contributed by atoms with Crippen LogP contribution in [0.1, 0.15) is 34.6 Å². The molecule has 2 aromatic heterocycles. The highest BCUT2D eigenvalue weighted by molar-refractivity contribution is 7.99. The predicted molar refractivity (Wildman–Crippen MR) is 129 cm³/mol. The van der Waals surface area contributed by atoms with Gasteiger partial charge in [-0.1, -0.05) is 11.8 Å². The number of aromatic nitrogens is 4. The molecule has 13 nitrogen and oxygen atoms in total. The van der Waals surface area contributed by atoms with Gasteiger partial charge in [-0.25, -0.2) is 0 Å². The summed E-state index contributed by atoms with van der Waals surface area (Å²) in [7, 11) is 0. The van der Waals surface area contributed by atoms with E-state index in [2.05, 4.69) is 20.5 Å². The second-order valence-electron chi connectivity index (χ2n) is 8.12. The highest BCUT2D eigenvalue weighted by Gasteiger charge is 2.51. The molecule has 3 rings (SSSR count). The average molecular weight is 536 g/mol. The Morgan fingerprint density at radius 1 is 1.00 bits per heavy atom. The number of ether oxygens (including phenoxy) is 4. The van der Waals surface area contributed by atoms with E-state index >= 15 is 0 Å². The van der Waals surface area contributed by atoms with Crippen LogP contribution < -0.4 is 5.32 Å². The fourth-order valence-corrected chi connectivity index (χ4v) is 5.08. The largest absolute Gasteiger partial charge is 0.463 e. The summed E-state index contributed by atoms with van der Waals surface area (Å²) in [5.41, 5.74) is -0.0833. The summed E-state index contributed by atoms with van der Waals surface area (Å²) in [5.74, 6) is -1.73. The zero-order chi connectivity index (χ0) is 27.1. The van der Waals surface area contributed by atoms with Crippen LogP contribution in [0.2, 0.25) is 0 Å². The number of amides is 1. The highest BCUT2D eigenvalue weighted by atomic mass is 32.2. The molecule has 0 aliphatic carbocycles. The molecule has 1 fully saturated rings. The number of carbonyl (C=O) groups excluding carboxylic acids is 4. The van der Waals surface area contributed by atoms with Crippen LogP contribution in [0.15, 0.2) is 29.7 Å². The van der Waals surface area contributed by atoms with Crippen LogP contribution in [-0.4, -0.2) is 80.0 Å². The van der Waals surface area contributed by atoms with Crippen LogP contribution in [0.25, 0.3) is 11.4 Å². The molecule has 0 unspecified atom stereocenters. The summed E-state index contributed by atoms with van der Waals surface area (Å²) in [6, 6.07) is 2.66. The second-order valence-corrected chi connectivity index (χ2v) is 9.19. The molecule has 0 spiro atoms. The van der Waals surface area contributed by atoms with Gasteiger partial charge in [0.15, 0.2) is 23.2 Å². The summed E-state index contributed by atoms with van der Waals surface area (Å²) >= 11 is 1.14. The first-order chi connectivity index (χ1) is 17.6. The van der Waals surface area contributed by atoms with Crippen LogP contribution in [0.4, 0.5) is 0 Å². The van der Waals surface area contributed by atoms with Gasteiger partial charge < -0.3 is 28.8 Å². The Morgan fingerprint density at radius 2 is 1.65 bits per heavy atom. The lowest BCUT2D eigenvalue weighted by atomic mass is 9.97. The number of hydrogen-bond donors (Lipinski definition) is 1. The van der Waals surface area contributed by atoms with E-state index in [4.69, 9.17) is 18.9 Å². The van der Waals surface area contributed by atoms with E-state index in [1.807, 2.05) is 11.5 Å². The third-order valence-corrected chi connectivity index (χ3v) is 6.41. The lowest BCUT2D eigenvalue weighted by molar-refractivity contribution is -0.211. The van der Waals surface area contributed by atoms with E-state index in [1.165, 1.54) is 27.7 Å². The number of pyridine rings is 1. The van der Waals surface area contributed by atoms with Crippen molar-refractivity contribution < 1.29 is 38.1 Å². The van der Waals surface area contributed by atoms with Crippen LogP contribution in [-0.2, 0) is 44.7 Å². The summed E-state index contributed by atoms with van der Waals surface area (Å²) < 4.78 is 24.2. The van der Waals surface area contributed by atoms with Crippen molar-refractivity contribution in [2.45, 2.75) is 76.1 Å². The van der Waals surface area contributed by atoms with Gasteiger partial charge in [-0.15, -0.1) is 10.2 Å². The minimum absolute atomic E-state index is 0.280. The molecule has 2 aromatic rings.